The maximum atomic E-state index is 13.8. The predicted molar refractivity (Wildman–Crippen MR) is 147 cm³/mol. The van der Waals surface area contributed by atoms with Crippen molar-refractivity contribution < 1.29 is 24.2 Å². The molecule has 2 heterocycles. The highest BCUT2D eigenvalue weighted by Crippen LogP contribution is 2.42. The van der Waals surface area contributed by atoms with Crippen molar-refractivity contribution in [3.05, 3.63) is 71.0 Å². The Hall–Kier alpha value is -3.85. The lowest BCUT2D eigenvalue weighted by atomic mass is 10.0. The number of hydrogen-bond acceptors (Lipinski definition) is 6. The molecule has 2 N–H and O–H groups in total. The Labute approximate surface area is 228 Å². The van der Waals surface area contributed by atoms with Crippen LogP contribution in [0.2, 0.25) is 0 Å². The molecule has 0 spiro atoms. The minimum absolute atomic E-state index is 0.0368. The molecule has 206 valence electrons. The Kier molecular flexibility index (Phi) is 7.88. The summed E-state index contributed by atoms with van der Waals surface area (Å²) in [5, 5.41) is 17.5. The Morgan fingerprint density at radius 3 is 2.59 bits per heavy atom. The number of nitrogens with zero attached hydrogens (tertiary/aromatic N) is 3. The highest BCUT2D eigenvalue weighted by Gasteiger charge is 2.34. The Morgan fingerprint density at radius 1 is 1.15 bits per heavy atom. The molecule has 9 heteroatoms. The van der Waals surface area contributed by atoms with Crippen molar-refractivity contribution in [2.75, 3.05) is 25.3 Å². The van der Waals surface area contributed by atoms with E-state index in [1.165, 1.54) is 0 Å². The van der Waals surface area contributed by atoms with Gasteiger partial charge in [0.25, 0.3) is 0 Å². The van der Waals surface area contributed by atoms with Gasteiger partial charge in [-0.3, -0.25) is 14.3 Å². The maximum Gasteiger partial charge on any atom is 0.249 e. The number of amides is 2. The zero-order chi connectivity index (χ0) is 27.5. The van der Waals surface area contributed by atoms with Gasteiger partial charge in [-0.05, 0) is 55.9 Å². The molecule has 0 saturated heterocycles. The molecule has 1 unspecified atom stereocenters. The summed E-state index contributed by atoms with van der Waals surface area (Å²) in [6.45, 7) is 4.09. The van der Waals surface area contributed by atoms with Gasteiger partial charge in [0.15, 0.2) is 11.5 Å². The molecule has 9 nitrogen and oxygen atoms in total. The van der Waals surface area contributed by atoms with E-state index >= 15 is 0 Å². The van der Waals surface area contributed by atoms with E-state index in [4.69, 9.17) is 14.6 Å². The van der Waals surface area contributed by atoms with Crippen molar-refractivity contribution in [2.45, 2.75) is 64.0 Å². The van der Waals surface area contributed by atoms with Crippen LogP contribution in [-0.2, 0) is 22.4 Å². The lowest BCUT2D eigenvalue weighted by Crippen LogP contribution is -2.50. The normalized spacial score (nSPS) is 15.6. The molecule has 2 aliphatic rings. The van der Waals surface area contributed by atoms with Crippen molar-refractivity contribution in [3.8, 4) is 11.5 Å². The number of benzene rings is 2. The van der Waals surface area contributed by atoms with Crippen molar-refractivity contribution in [2.24, 2.45) is 0 Å². The molecule has 1 aliphatic carbocycles. The average molecular weight is 533 g/mol. The summed E-state index contributed by atoms with van der Waals surface area (Å²) in [6, 6.07) is 13.7. The first-order valence-corrected chi connectivity index (χ1v) is 13.6. The van der Waals surface area contributed by atoms with Gasteiger partial charge in [0.2, 0.25) is 18.6 Å². The van der Waals surface area contributed by atoms with Crippen LogP contribution in [0.4, 0.5) is 5.69 Å². The molecular weight excluding hydrogens is 496 g/mol. The van der Waals surface area contributed by atoms with Gasteiger partial charge in [0, 0.05) is 43.4 Å². The number of rotatable bonds is 11. The quantitative estimate of drug-likeness (QED) is 0.390. The number of aliphatic hydroxyl groups excluding tert-OH is 1. The summed E-state index contributed by atoms with van der Waals surface area (Å²) in [5.74, 6) is 1.13. The van der Waals surface area contributed by atoms with E-state index in [0.29, 0.717) is 42.4 Å². The van der Waals surface area contributed by atoms with Gasteiger partial charge in [0.05, 0.1) is 5.69 Å². The number of fused-ring (bicyclic) bond motifs is 1. The summed E-state index contributed by atoms with van der Waals surface area (Å²) in [4.78, 5) is 29.1. The topological polar surface area (TPSA) is 106 Å². The van der Waals surface area contributed by atoms with E-state index in [0.717, 1.165) is 35.4 Å². The van der Waals surface area contributed by atoms with Crippen LogP contribution >= 0.6 is 0 Å². The first-order valence-electron chi connectivity index (χ1n) is 13.6. The van der Waals surface area contributed by atoms with E-state index in [9.17, 15) is 14.7 Å². The van der Waals surface area contributed by atoms with Crippen molar-refractivity contribution in [3.63, 3.8) is 0 Å². The zero-order valence-electron chi connectivity index (χ0n) is 22.7. The maximum absolute atomic E-state index is 13.8. The second-order valence-corrected chi connectivity index (χ2v) is 10.3. The first-order chi connectivity index (χ1) is 18.9. The number of carbonyl (C=O) groups is 2. The van der Waals surface area contributed by atoms with Gasteiger partial charge in [0.1, 0.15) is 12.1 Å². The highest BCUT2D eigenvalue weighted by atomic mass is 16.7. The predicted octanol–water partition coefficient (Wildman–Crippen LogP) is 3.67. The lowest BCUT2D eigenvalue weighted by molar-refractivity contribution is -0.129. The van der Waals surface area contributed by atoms with E-state index in [1.54, 1.807) is 34.8 Å². The molecule has 39 heavy (non-hydrogen) atoms. The summed E-state index contributed by atoms with van der Waals surface area (Å²) in [6.07, 6.45) is 3.54. The molecule has 3 aromatic rings. The summed E-state index contributed by atoms with van der Waals surface area (Å²) < 4.78 is 12.7. The zero-order valence-corrected chi connectivity index (χ0v) is 22.7. The third kappa shape index (κ3) is 5.63. The molecule has 1 fully saturated rings. The smallest absolute Gasteiger partial charge is 0.249 e. The molecule has 1 aromatic heterocycles. The molecule has 5 rings (SSSR count). The fourth-order valence-corrected chi connectivity index (χ4v) is 5.23. The van der Waals surface area contributed by atoms with Crippen LogP contribution < -0.4 is 19.7 Å². The van der Waals surface area contributed by atoms with E-state index in [-0.39, 0.29) is 25.2 Å². The second-order valence-electron chi connectivity index (χ2n) is 10.3. The van der Waals surface area contributed by atoms with Crippen LogP contribution in [0, 0.1) is 6.92 Å². The number of hydrogen-bond donors (Lipinski definition) is 2. The van der Waals surface area contributed by atoms with Gasteiger partial charge in [-0.1, -0.05) is 37.3 Å². The summed E-state index contributed by atoms with van der Waals surface area (Å²) in [5.41, 5.74) is 4.52. The van der Waals surface area contributed by atoms with E-state index in [2.05, 4.69) is 5.32 Å². The van der Waals surface area contributed by atoms with Crippen LogP contribution in [-0.4, -0.2) is 53.2 Å². The van der Waals surface area contributed by atoms with Gasteiger partial charge in [-0.25, -0.2) is 0 Å². The van der Waals surface area contributed by atoms with Crippen LogP contribution in [0.5, 0.6) is 11.5 Å². The molecule has 0 radical (unpaired) electrons. The molecule has 2 aromatic carbocycles. The molecule has 2 atom stereocenters. The number of anilines is 1. The molecule has 0 bridgehead atoms. The van der Waals surface area contributed by atoms with Crippen LogP contribution in [0.1, 0.15) is 60.7 Å². The first kappa shape index (κ1) is 26.7. The third-order valence-electron chi connectivity index (χ3n) is 7.59. The van der Waals surface area contributed by atoms with Crippen molar-refractivity contribution in [1.82, 2.24) is 15.1 Å². The summed E-state index contributed by atoms with van der Waals surface area (Å²) in [7, 11) is 1.70. The molecular formula is C30H36N4O5. The van der Waals surface area contributed by atoms with Crippen molar-refractivity contribution >= 4 is 17.5 Å². The third-order valence-corrected chi connectivity index (χ3v) is 7.59. The van der Waals surface area contributed by atoms with E-state index in [1.807, 2.05) is 44.2 Å². The standard InChI is InChI=1S/C30H36N4O5/c1-4-25(34-19(2)23(14-15-35)28(32-34)21-10-11-21)29(36)31-24(16-20-8-6-5-7-9-20)30(37)33(3)22-12-13-26-27(17-22)39-18-38-26/h5-9,12-13,17,21,24-25,35H,4,10-11,14-16,18H2,1-3H3,(H,31,36)/t24-,25?/m0/s1. The minimum Gasteiger partial charge on any atom is -0.454 e. The number of likely N-dealkylation sites (N-methyl/N-ethyl adjacent to an activating group) is 1. The second kappa shape index (κ2) is 11.5. The van der Waals surface area contributed by atoms with Crippen LogP contribution in [0.25, 0.3) is 0 Å². The largest absolute Gasteiger partial charge is 0.454 e. The van der Waals surface area contributed by atoms with Crippen LogP contribution in [0.3, 0.4) is 0 Å². The highest BCUT2D eigenvalue weighted by molar-refractivity contribution is 5.99. The molecule has 1 saturated carbocycles. The average Bonchev–Trinajstić information content (AvgIpc) is 3.60. The Balaban J connectivity index is 1.40. The van der Waals surface area contributed by atoms with Gasteiger partial charge in [-0.15, -0.1) is 0 Å². The minimum atomic E-state index is -0.792. The number of carbonyl (C=O) groups excluding carboxylic acids is 2. The number of ether oxygens (including phenoxy) is 2. The van der Waals surface area contributed by atoms with Crippen molar-refractivity contribution in [1.29, 1.82) is 0 Å². The van der Waals surface area contributed by atoms with Gasteiger partial charge < -0.3 is 24.8 Å². The van der Waals surface area contributed by atoms with Gasteiger partial charge in [-0.2, -0.15) is 5.10 Å². The van der Waals surface area contributed by atoms with Crippen LogP contribution in [0.15, 0.2) is 48.5 Å². The fourth-order valence-electron chi connectivity index (χ4n) is 5.23. The fraction of sp³-hybridized carbons (Fsp3) is 0.433. The number of aromatic nitrogens is 2. The summed E-state index contributed by atoms with van der Waals surface area (Å²) >= 11 is 0. The number of aliphatic hydroxyl groups is 1. The molecule has 2 amide bonds. The lowest BCUT2D eigenvalue weighted by Gasteiger charge is -2.27. The monoisotopic (exact) mass is 532 g/mol. The van der Waals surface area contributed by atoms with Gasteiger partial charge >= 0.3 is 0 Å². The Morgan fingerprint density at radius 2 is 1.90 bits per heavy atom. The SMILES string of the molecule is CCC(C(=O)N[C@@H](Cc1ccccc1)C(=O)N(C)c1ccc2c(c1)OCO2)n1nc(C2CC2)c(CCO)c1C. The van der Waals surface area contributed by atoms with E-state index < -0.39 is 12.1 Å². The number of nitrogens with one attached hydrogen (secondary N) is 1. The Bertz CT molecular complexity index is 1330. The molecule has 1 aliphatic heterocycles.